The molecule has 0 atom stereocenters. The van der Waals surface area contributed by atoms with Crippen LogP contribution in [0.3, 0.4) is 0 Å². The molecule has 1 heterocycles. The van der Waals surface area contributed by atoms with E-state index >= 15 is 0 Å². The number of carbonyl (C=O) groups excluding carboxylic acids is 2. The Balaban J connectivity index is 2.00. The van der Waals surface area contributed by atoms with Crippen molar-refractivity contribution in [1.29, 1.82) is 0 Å². The molecule has 0 aliphatic rings. The summed E-state index contributed by atoms with van der Waals surface area (Å²) in [4.78, 5) is 28.1. The van der Waals surface area contributed by atoms with Crippen molar-refractivity contribution in [3.05, 3.63) is 53.0 Å². The van der Waals surface area contributed by atoms with Gasteiger partial charge in [-0.05, 0) is 37.1 Å². The largest absolute Gasteiger partial charge is 0.455 e. The molecule has 0 spiro atoms. The van der Waals surface area contributed by atoms with E-state index in [2.05, 4.69) is 26.0 Å². The van der Waals surface area contributed by atoms with Crippen LogP contribution < -0.4 is 0 Å². The number of benzene rings is 1. The molecule has 2 rings (SSSR count). The van der Waals surface area contributed by atoms with E-state index in [1.807, 2.05) is 12.1 Å². The summed E-state index contributed by atoms with van der Waals surface area (Å²) < 4.78 is 5.67. The van der Waals surface area contributed by atoms with E-state index in [9.17, 15) is 9.59 Å². The molecule has 0 aliphatic carbocycles. The van der Waals surface area contributed by atoms with Crippen molar-refractivity contribution >= 4 is 23.6 Å². The molecule has 0 unspecified atom stereocenters. The lowest BCUT2D eigenvalue weighted by Gasteiger charge is -2.18. The first-order valence-electron chi connectivity index (χ1n) is 8.03. The third-order valence-corrected chi connectivity index (χ3v) is 5.22. The first-order chi connectivity index (χ1) is 11.8. The van der Waals surface area contributed by atoms with Crippen LogP contribution in [0, 0.1) is 13.8 Å². The van der Waals surface area contributed by atoms with Gasteiger partial charge in [0.2, 0.25) is 5.91 Å². The van der Waals surface area contributed by atoms with E-state index in [-0.39, 0.29) is 24.1 Å². The third kappa shape index (κ3) is 4.89. The van der Waals surface area contributed by atoms with Gasteiger partial charge in [-0.3, -0.25) is 9.59 Å². The summed E-state index contributed by atoms with van der Waals surface area (Å²) in [6.45, 7) is 4.20. The molecule has 2 amide bonds. The number of likely N-dealkylation sites (N-methyl/N-ethyl adjacent to an activating group) is 2. The second-order valence-corrected chi connectivity index (χ2v) is 7.21. The summed E-state index contributed by atoms with van der Waals surface area (Å²) in [6, 6.07) is 9.70. The number of furan rings is 1. The van der Waals surface area contributed by atoms with E-state index in [4.69, 9.17) is 4.42 Å². The number of nitrogens with zero attached hydrogens (tertiary/aromatic N) is 2. The second kappa shape index (κ2) is 8.25. The molecule has 1 aromatic heterocycles. The van der Waals surface area contributed by atoms with Crippen molar-refractivity contribution in [3.63, 3.8) is 0 Å². The van der Waals surface area contributed by atoms with Crippen LogP contribution in [-0.2, 0) is 10.5 Å². The van der Waals surface area contributed by atoms with E-state index < -0.39 is 0 Å². The number of hydrogen-bond donors (Lipinski definition) is 0. The lowest BCUT2D eigenvalue weighted by Crippen LogP contribution is -2.37. The predicted molar refractivity (Wildman–Crippen MR) is 99.8 cm³/mol. The minimum Gasteiger partial charge on any atom is -0.455 e. The molecule has 6 heteroatoms. The summed E-state index contributed by atoms with van der Waals surface area (Å²) in [5.74, 6) is 1.22. The van der Waals surface area contributed by atoms with Gasteiger partial charge in [0.25, 0.3) is 5.91 Å². The third-order valence-electron chi connectivity index (χ3n) is 3.86. The van der Waals surface area contributed by atoms with E-state index in [1.54, 1.807) is 39.0 Å². The Bertz CT molecular complexity index is 748. The highest BCUT2D eigenvalue weighted by molar-refractivity contribution is 7.98. The number of hydrogen-bond acceptors (Lipinski definition) is 4. The first-order valence-corrected chi connectivity index (χ1v) is 9.01. The summed E-state index contributed by atoms with van der Waals surface area (Å²) in [6.07, 6.45) is 0. The average molecular weight is 360 g/mol. The molecule has 0 bridgehead atoms. The maximum atomic E-state index is 12.4. The SMILES string of the molecule is Cc1cccc(C)c1SCc1ccc(C(=O)N(C)CC(=O)N(C)C)o1. The average Bonchev–Trinajstić information content (AvgIpc) is 3.02. The number of rotatable bonds is 6. The molecular formula is C19H24N2O3S. The number of amides is 2. The summed E-state index contributed by atoms with van der Waals surface area (Å²) >= 11 is 1.70. The van der Waals surface area contributed by atoms with Gasteiger partial charge < -0.3 is 14.2 Å². The Morgan fingerprint density at radius 3 is 2.28 bits per heavy atom. The maximum absolute atomic E-state index is 12.4. The maximum Gasteiger partial charge on any atom is 0.289 e. The van der Waals surface area contributed by atoms with E-state index in [0.717, 1.165) is 5.76 Å². The Morgan fingerprint density at radius 2 is 1.68 bits per heavy atom. The monoisotopic (exact) mass is 360 g/mol. The summed E-state index contributed by atoms with van der Waals surface area (Å²) in [5.41, 5.74) is 2.46. The molecule has 134 valence electrons. The van der Waals surface area contributed by atoms with Crippen LogP contribution in [0.25, 0.3) is 0 Å². The van der Waals surface area contributed by atoms with Gasteiger partial charge in [-0.25, -0.2) is 0 Å². The van der Waals surface area contributed by atoms with Crippen LogP contribution in [0.2, 0.25) is 0 Å². The van der Waals surface area contributed by atoms with Gasteiger partial charge >= 0.3 is 0 Å². The highest BCUT2D eigenvalue weighted by atomic mass is 32.2. The highest BCUT2D eigenvalue weighted by Crippen LogP contribution is 2.29. The normalized spacial score (nSPS) is 10.6. The van der Waals surface area contributed by atoms with Gasteiger partial charge in [0.05, 0.1) is 12.3 Å². The predicted octanol–water partition coefficient (Wildman–Crippen LogP) is 3.35. The van der Waals surface area contributed by atoms with Crippen LogP contribution >= 0.6 is 11.8 Å². The van der Waals surface area contributed by atoms with Crippen molar-refractivity contribution in [2.24, 2.45) is 0 Å². The molecule has 2 aromatic rings. The van der Waals surface area contributed by atoms with Crippen molar-refractivity contribution in [3.8, 4) is 0 Å². The fourth-order valence-electron chi connectivity index (χ4n) is 2.34. The van der Waals surface area contributed by atoms with Gasteiger partial charge in [-0.15, -0.1) is 11.8 Å². The van der Waals surface area contributed by atoms with Crippen molar-refractivity contribution in [2.45, 2.75) is 24.5 Å². The van der Waals surface area contributed by atoms with E-state index in [0.29, 0.717) is 5.75 Å². The van der Waals surface area contributed by atoms with Gasteiger partial charge in [0.15, 0.2) is 5.76 Å². The Kier molecular flexibility index (Phi) is 6.31. The van der Waals surface area contributed by atoms with Crippen molar-refractivity contribution < 1.29 is 14.0 Å². The Labute approximate surface area is 153 Å². The van der Waals surface area contributed by atoms with Gasteiger partial charge in [-0.2, -0.15) is 0 Å². The van der Waals surface area contributed by atoms with Crippen LogP contribution in [0.15, 0.2) is 39.6 Å². The molecular weight excluding hydrogens is 336 g/mol. The zero-order chi connectivity index (χ0) is 18.6. The topological polar surface area (TPSA) is 53.8 Å². The lowest BCUT2D eigenvalue weighted by atomic mass is 10.2. The van der Waals surface area contributed by atoms with Gasteiger partial charge in [0.1, 0.15) is 5.76 Å². The summed E-state index contributed by atoms with van der Waals surface area (Å²) in [7, 11) is 4.92. The molecule has 0 N–H and O–H groups in total. The van der Waals surface area contributed by atoms with Crippen LogP contribution in [-0.4, -0.2) is 49.3 Å². The number of thioether (sulfide) groups is 1. The number of carbonyl (C=O) groups is 2. The first kappa shape index (κ1) is 19.1. The molecule has 0 saturated heterocycles. The summed E-state index contributed by atoms with van der Waals surface area (Å²) in [5, 5.41) is 0. The van der Waals surface area contributed by atoms with Gasteiger partial charge in [0, 0.05) is 26.0 Å². The Morgan fingerprint density at radius 1 is 1.04 bits per heavy atom. The number of aryl methyl sites for hydroxylation is 2. The molecule has 25 heavy (non-hydrogen) atoms. The standard InChI is InChI=1S/C19H24N2O3S/c1-13-7-6-8-14(2)18(13)25-12-15-9-10-16(24-15)19(23)21(5)11-17(22)20(3)4/h6-10H,11-12H2,1-5H3. The second-order valence-electron chi connectivity index (χ2n) is 6.22. The fourth-order valence-corrected chi connectivity index (χ4v) is 3.38. The highest BCUT2D eigenvalue weighted by Gasteiger charge is 2.19. The smallest absolute Gasteiger partial charge is 0.289 e. The van der Waals surface area contributed by atoms with Gasteiger partial charge in [-0.1, -0.05) is 18.2 Å². The van der Waals surface area contributed by atoms with Crippen LogP contribution in [0.5, 0.6) is 0 Å². The van der Waals surface area contributed by atoms with Crippen molar-refractivity contribution in [1.82, 2.24) is 9.80 Å². The molecule has 0 radical (unpaired) electrons. The quantitative estimate of drug-likeness (QED) is 0.742. The zero-order valence-corrected chi connectivity index (χ0v) is 16.1. The molecule has 1 aromatic carbocycles. The molecule has 0 saturated carbocycles. The minimum absolute atomic E-state index is 0.0268. The molecule has 0 aliphatic heterocycles. The lowest BCUT2D eigenvalue weighted by molar-refractivity contribution is -0.129. The fraction of sp³-hybridized carbons (Fsp3) is 0.368. The van der Waals surface area contributed by atoms with Crippen molar-refractivity contribution in [2.75, 3.05) is 27.7 Å². The molecule has 0 fully saturated rings. The molecule has 5 nitrogen and oxygen atoms in total. The Hall–Kier alpha value is -2.21. The van der Waals surface area contributed by atoms with Crippen LogP contribution in [0.4, 0.5) is 0 Å². The van der Waals surface area contributed by atoms with Crippen LogP contribution in [0.1, 0.15) is 27.4 Å². The van der Waals surface area contributed by atoms with E-state index in [1.165, 1.54) is 25.8 Å². The zero-order valence-electron chi connectivity index (χ0n) is 15.3. The minimum atomic E-state index is -0.293.